The summed E-state index contributed by atoms with van der Waals surface area (Å²) >= 11 is 0. The number of carbonyl (C=O) groups is 1. The molecule has 7 nitrogen and oxygen atoms in total. The molecule has 1 aromatic carbocycles. The van der Waals surface area contributed by atoms with Gasteiger partial charge in [0.05, 0.1) is 18.3 Å². The molecule has 0 spiro atoms. The van der Waals surface area contributed by atoms with Gasteiger partial charge in [-0.15, -0.1) is 0 Å². The zero-order chi connectivity index (χ0) is 28.8. The third-order valence-electron chi connectivity index (χ3n) is 7.10. The minimum absolute atomic E-state index is 0.0492. The Labute approximate surface area is 230 Å². The topological polar surface area (TPSA) is 108 Å². The SMILES string of the molecule is COCCOc1cc(F)c(-c2nc(C(=O)C/C=C/c3cnccc3[C@H]3C[C@@H](N)[C@H](O)[C@@H](C)C3)ccc2F)c(F)c1. The van der Waals surface area contributed by atoms with Gasteiger partial charge < -0.3 is 20.3 Å². The van der Waals surface area contributed by atoms with E-state index in [4.69, 9.17) is 15.2 Å². The maximum Gasteiger partial charge on any atom is 0.184 e. The first-order chi connectivity index (χ1) is 19.2. The Hall–Kier alpha value is -3.60. The highest BCUT2D eigenvalue weighted by Crippen LogP contribution is 2.37. The zero-order valence-corrected chi connectivity index (χ0v) is 22.3. The monoisotopic (exact) mass is 555 g/mol. The van der Waals surface area contributed by atoms with E-state index in [1.165, 1.54) is 13.2 Å². The fourth-order valence-electron chi connectivity index (χ4n) is 5.03. The Bertz CT molecular complexity index is 1350. The van der Waals surface area contributed by atoms with Crippen LogP contribution in [0.3, 0.4) is 0 Å². The maximum atomic E-state index is 14.8. The molecule has 4 rings (SSSR count). The average Bonchev–Trinajstić information content (AvgIpc) is 2.92. The lowest BCUT2D eigenvalue weighted by Gasteiger charge is -2.36. The molecule has 0 unspecified atom stereocenters. The molecule has 1 aliphatic carbocycles. The summed E-state index contributed by atoms with van der Waals surface area (Å²) < 4.78 is 54.3. The number of aromatic nitrogens is 2. The summed E-state index contributed by atoms with van der Waals surface area (Å²) in [7, 11) is 1.46. The molecular weight excluding hydrogens is 523 g/mol. The van der Waals surface area contributed by atoms with Crippen LogP contribution in [-0.2, 0) is 4.74 Å². The molecule has 40 heavy (non-hydrogen) atoms. The number of hydrogen-bond donors (Lipinski definition) is 2. The van der Waals surface area contributed by atoms with Crippen LogP contribution in [0.5, 0.6) is 5.75 Å². The fraction of sp³-hybridized carbons (Fsp3) is 0.367. The van der Waals surface area contributed by atoms with Gasteiger partial charge in [-0.25, -0.2) is 18.2 Å². The summed E-state index contributed by atoms with van der Waals surface area (Å²) in [5.74, 6) is -3.47. The van der Waals surface area contributed by atoms with E-state index in [0.717, 1.165) is 35.7 Å². The lowest BCUT2D eigenvalue weighted by Crippen LogP contribution is -2.44. The van der Waals surface area contributed by atoms with Crippen LogP contribution in [-0.4, -0.2) is 53.3 Å². The molecule has 1 aliphatic rings. The van der Waals surface area contributed by atoms with Gasteiger partial charge in [-0.2, -0.15) is 0 Å². The number of nitrogens with two attached hydrogens (primary N) is 1. The molecule has 0 saturated heterocycles. The number of allylic oxidation sites excluding steroid dienone is 1. The van der Waals surface area contributed by atoms with Crippen LogP contribution in [0.15, 0.2) is 48.8 Å². The van der Waals surface area contributed by atoms with Crippen LogP contribution in [0, 0.1) is 23.4 Å². The summed E-state index contributed by atoms with van der Waals surface area (Å²) in [5, 5.41) is 10.2. The second kappa shape index (κ2) is 13.2. The van der Waals surface area contributed by atoms with Gasteiger partial charge in [0.2, 0.25) is 0 Å². The predicted octanol–water partition coefficient (Wildman–Crippen LogP) is 5.07. The average molecular weight is 556 g/mol. The van der Waals surface area contributed by atoms with Crippen molar-refractivity contribution in [3.63, 3.8) is 0 Å². The van der Waals surface area contributed by atoms with Gasteiger partial charge in [-0.05, 0) is 54.0 Å². The van der Waals surface area contributed by atoms with Crippen molar-refractivity contribution in [2.24, 2.45) is 11.7 Å². The molecule has 1 saturated carbocycles. The number of hydrogen-bond acceptors (Lipinski definition) is 7. The quantitative estimate of drug-likeness (QED) is 0.266. The first-order valence-electron chi connectivity index (χ1n) is 13.0. The van der Waals surface area contributed by atoms with Gasteiger partial charge in [0, 0.05) is 44.1 Å². The third-order valence-corrected chi connectivity index (χ3v) is 7.10. The lowest BCUT2D eigenvalue weighted by molar-refractivity contribution is 0.0520. The van der Waals surface area contributed by atoms with Crippen molar-refractivity contribution in [3.05, 3.63) is 83.1 Å². The number of ketones is 1. The van der Waals surface area contributed by atoms with Crippen molar-refractivity contribution < 1.29 is 32.5 Å². The number of carbonyl (C=O) groups excluding carboxylic acids is 1. The standard InChI is InChI=1S/C30H32F3N3O4/c1-17-12-19(13-25(34)30(17)38)21-8-9-35-16-18(21)4-3-5-27(37)26-7-6-22(31)29(36-26)28-23(32)14-20(15-24(28)33)40-11-10-39-2/h3-4,6-9,14-17,19,25,30,38H,5,10-13,34H2,1-2H3/b4-3+/t17-,19+,25+,30+/m0/s1. The van der Waals surface area contributed by atoms with E-state index in [1.54, 1.807) is 24.5 Å². The van der Waals surface area contributed by atoms with Crippen molar-refractivity contribution >= 4 is 11.9 Å². The first kappa shape index (κ1) is 29.4. The van der Waals surface area contributed by atoms with E-state index in [9.17, 15) is 23.1 Å². The van der Waals surface area contributed by atoms with Crippen LogP contribution in [0.4, 0.5) is 13.2 Å². The number of aliphatic hydroxyl groups excluding tert-OH is 1. The smallest absolute Gasteiger partial charge is 0.184 e. The van der Waals surface area contributed by atoms with E-state index in [0.29, 0.717) is 6.42 Å². The number of rotatable bonds is 10. The number of aliphatic hydroxyl groups is 1. The second-order valence-corrected chi connectivity index (χ2v) is 9.96. The molecule has 3 aromatic rings. The normalized spacial score (nSPS) is 21.1. The van der Waals surface area contributed by atoms with Crippen molar-refractivity contribution in [2.45, 2.75) is 44.2 Å². The van der Waals surface area contributed by atoms with Gasteiger partial charge in [-0.1, -0.05) is 19.1 Å². The molecule has 0 bridgehead atoms. The minimum Gasteiger partial charge on any atom is -0.491 e. The van der Waals surface area contributed by atoms with Crippen LogP contribution >= 0.6 is 0 Å². The van der Waals surface area contributed by atoms with Crippen LogP contribution in [0.2, 0.25) is 0 Å². The van der Waals surface area contributed by atoms with Crippen LogP contribution in [0.1, 0.15) is 53.7 Å². The Morgan fingerprint density at radius 3 is 2.58 bits per heavy atom. The van der Waals surface area contributed by atoms with Gasteiger partial charge in [0.15, 0.2) is 5.78 Å². The highest BCUT2D eigenvalue weighted by molar-refractivity contribution is 5.96. The molecule has 0 radical (unpaired) electrons. The van der Waals surface area contributed by atoms with E-state index < -0.39 is 40.6 Å². The number of ether oxygens (including phenoxy) is 2. The van der Waals surface area contributed by atoms with E-state index in [-0.39, 0.29) is 49.0 Å². The number of methoxy groups -OCH3 is 1. The van der Waals surface area contributed by atoms with Crippen molar-refractivity contribution in [2.75, 3.05) is 20.3 Å². The van der Waals surface area contributed by atoms with Crippen LogP contribution in [0.25, 0.3) is 17.3 Å². The molecule has 212 valence electrons. The molecule has 10 heteroatoms. The first-order valence-corrected chi connectivity index (χ1v) is 13.0. The number of benzene rings is 1. The van der Waals surface area contributed by atoms with E-state index in [2.05, 4.69) is 9.97 Å². The summed E-state index contributed by atoms with van der Waals surface area (Å²) in [6.45, 7) is 2.27. The largest absolute Gasteiger partial charge is 0.491 e. The molecule has 0 amide bonds. The Kier molecular flexibility index (Phi) is 9.67. The highest BCUT2D eigenvalue weighted by atomic mass is 19.1. The Morgan fingerprint density at radius 2 is 1.88 bits per heavy atom. The number of halogens is 3. The van der Waals surface area contributed by atoms with E-state index in [1.807, 2.05) is 13.0 Å². The maximum absolute atomic E-state index is 14.8. The lowest BCUT2D eigenvalue weighted by atomic mass is 9.74. The molecule has 1 fully saturated rings. The summed E-state index contributed by atoms with van der Waals surface area (Å²) in [4.78, 5) is 21.0. The summed E-state index contributed by atoms with van der Waals surface area (Å²) in [6.07, 6.45) is 7.58. The number of pyridine rings is 2. The second-order valence-electron chi connectivity index (χ2n) is 9.96. The molecular formula is C30H32F3N3O4. The Balaban J connectivity index is 1.51. The third kappa shape index (κ3) is 6.75. The van der Waals surface area contributed by atoms with Crippen molar-refractivity contribution in [1.29, 1.82) is 0 Å². The van der Waals surface area contributed by atoms with Gasteiger partial charge in [-0.3, -0.25) is 9.78 Å². The molecule has 0 aliphatic heterocycles. The minimum atomic E-state index is -1.07. The highest BCUT2D eigenvalue weighted by Gasteiger charge is 2.33. The van der Waals surface area contributed by atoms with Crippen molar-refractivity contribution in [1.82, 2.24) is 9.97 Å². The van der Waals surface area contributed by atoms with Gasteiger partial charge in [0.25, 0.3) is 0 Å². The fourth-order valence-corrected chi connectivity index (χ4v) is 5.03. The molecule has 2 heterocycles. The summed E-state index contributed by atoms with van der Waals surface area (Å²) in [5.41, 5.74) is 6.57. The van der Waals surface area contributed by atoms with E-state index >= 15 is 0 Å². The van der Waals surface area contributed by atoms with Gasteiger partial charge in [0.1, 0.15) is 41.2 Å². The molecule has 3 N–H and O–H groups in total. The Morgan fingerprint density at radius 1 is 1.12 bits per heavy atom. The number of nitrogens with zero attached hydrogens (tertiary/aromatic N) is 2. The van der Waals surface area contributed by atoms with Gasteiger partial charge >= 0.3 is 0 Å². The summed E-state index contributed by atoms with van der Waals surface area (Å²) in [6, 6.07) is 5.58. The zero-order valence-electron chi connectivity index (χ0n) is 22.3. The predicted molar refractivity (Wildman–Crippen MR) is 144 cm³/mol. The van der Waals surface area contributed by atoms with Crippen molar-refractivity contribution in [3.8, 4) is 17.0 Å². The van der Waals surface area contributed by atoms with Crippen LogP contribution < -0.4 is 10.5 Å². The molecule has 4 atom stereocenters. The number of Topliss-reactive ketones (excluding diaryl/α,β-unsaturated/α-hetero) is 1. The molecule has 2 aromatic heterocycles.